The van der Waals surface area contributed by atoms with Crippen LogP contribution in [-0.4, -0.2) is 91.1 Å². The van der Waals surface area contributed by atoms with Crippen molar-refractivity contribution in [3.8, 4) is 0 Å². The smallest absolute Gasteiger partial charge is 0.247 e. The fourth-order valence-electron chi connectivity index (χ4n) is 10.9. The van der Waals surface area contributed by atoms with Crippen LogP contribution >= 0.6 is 0 Å². The minimum Gasteiger partial charge on any atom is -0.247 e. The summed E-state index contributed by atoms with van der Waals surface area (Å²) < 4.78 is 407. The van der Waals surface area contributed by atoms with E-state index in [-0.39, 0.29) is 57.3 Å². The Morgan fingerprint density at radius 3 is 0.794 bits per heavy atom. The lowest BCUT2D eigenvalue weighted by Crippen LogP contribution is -2.52. The normalized spacial score (nSPS) is 32.8. The van der Waals surface area contributed by atoms with Crippen LogP contribution in [0.1, 0.15) is 211 Å². The number of rotatable bonds is 4. The predicted molar refractivity (Wildman–Crippen MR) is 308 cm³/mol. The molecule has 13 unspecified atom stereocenters. The fourth-order valence-corrected chi connectivity index (χ4v) is 10.9. The Morgan fingerprint density at radius 1 is 0.371 bits per heavy atom. The van der Waals surface area contributed by atoms with Crippen LogP contribution in [0.25, 0.3) is 0 Å². The van der Waals surface area contributed by atoms with Crippen LogP contribution in [0.3, 0.4) is 0 Å². The van der Waals surface area contributed by atoms with E-state index in [4.69, 9.17) is 0 Å². The lowest BCUT2D eigenvalue weighted by Gasteiger charge is -2.32. The molecule has 0 saturated heterocycles. The van der Waals surface area contributed by atoms with Crippen LogP contribution < -0.4 is 0 Å². The van der Waals surface area contributed by atoms with Crippen LogP contribution in [0.5, 0.6) is 0 Å². The first kappa shape index (κ1) is 101. The van der Waals surface area contributed by atoms with Gasteiger partial charge in [0.25, 0.3) is 5.92 Å². The third-order valence-corrected chi connectivity index (χ3v) is 20.3. The van der Waals surface area contributed by atoms with Crippen molar-refractivity contribution in [2.75, 3.05) is 0 Å². The lowest BCUT2D eigenvalue weighted by atomic mass is 9.86. The number of hydrogen-bond donors (Lipinski definition) is 0. The third kappa shape index (κ3) is 27.0. The predicted octanol–water partition coefficient (Wildman–Crippen LogP) is 27.9. The summed E-state index contributed by atoms with van der Waals surface area (Å²) in [6.45, 7) is 32.0. The lowest BCUT2D eigenvalue weighted by molar-refractivity contribution is -0.335. The maximum Gasteiger partial charge on any atom is 0.402 e. The zero-order valence-corrected chi connectivity index (χ0v) is 59.0. The van der Waals surface area contributed by atoms with Gasteiger partial charge in [0.15, 0.2) is 5.41 Å². The van der Waals surface area contributed by atoms with E-state index >= 15 is 0 Å². The summed E-state index contributed by atoms with van der Waals surface area (Å²) in [5, 5.41) is 0. The summed E-state index contributed by atoms with van der Waals surface area (Å²) in [5.74, 6) is -31.7. The summed E-state index contributed by atoms with van der Waals surface area (Å²) in [7, 11) is 0. The largest absolute Gasteiger partial charge is 0.402 e. The minimum atomic E-state index is -5.36. The van der Waals surface area contributed by atoms with E-state index in [1.54, 1.807) is 13.8 Å². The van der Waals surface area contributed by atoms with Crippen LogP contribution in [-0.2, 0) is 0 Å². The molecule has 0 N–H and O–H groups in total. The van der Waals surface area contributed by atoms with Gasteiger partial charge in [-0.2, -0.15) is 110 Å². The van der Waals surface area contributed by atoms with Crippen LogP contribution in [0.2, 0.25) is 0 Å². The Balaban J connectivity index is -0.000000507. The Morgan fingerprint density at radius 2 is 0.711 bits per heavy atom. The van der Waals surface area contributed by atoms with Crippen molar-refractivity contribution in [3.05, 3.63) is 0 Å². The van der Waals surface area contributed by atoms with E-state index in [1.807, 2.05) is 13.8 Å². The van der Waals surface area contributed by atoms with E-state index < -0.39 is 173 Å². The van der Waals surface area contributed by atoms with Gasteiger partial charge in [-0.05, 0) is 99.2 Å². The third-order valence-electron chi connectivity index (χ3n) is 20.3. The second-order valence-electron chi connectivity index (χ2n) is 29.2. The molecule has 5 saturated carbocycles. The van der Waals surface area contributed by atoms with Gasteiger partial charge >= 0.3 is 55.1 Å². The van der Waals surface area contributed by atoms with Gasteiger partial charge in [-0.25, -0.2) is 35.1 Å². The number of alkyl halides is 33. The van der Waals surface area contributed by atoms with E-state index in [0.29, 0.717) is 18.3 Å². The van der Waals surface area contributed by atoms with E-state index in [1.165, 1.54) is 75.7 Å². The van der Waals surface area contributed by atoms with Crippen molar-refractivity contribution >= 4 is 0 Å². The summed E-state index contributed by atoms with van der Waals surface area (Å²) in [5.41, 5.74) is -9.09. The first-order valence-corrected chi connectivity index (χ1v) is 31.8. The SMILES string of the molecule is CC1C(C(F)(F)F)C(C)[C@@H](C)C1C(F)(F)F.CC1C(F)C(F)[C@@H](C)C1F.CC1CCC(C(F)(F)F)[C@@H]1C.CC1C[C@H](C)CC1C(F)(F)F.CCC(C)(C(F)(F)F)C(F)(F)F.CCC(C)(C)C.CCC(C)(C)C(F)(F)F.CCC(F)(F)C(C)C.C[C@H]1C(F)(F)C(C)(F)C(F)(F)C1(F)F. The standard InChI is InChI=1S/C10H14F6.2C8H13F3.C7H7F7.C7H11F3.C6H8F6.C6H11F3.C6H12F2.C6H14/c1-4-5(2)8(10(14,15)16)6(3)7(4)9(11,12)13;1-5-3-6(2)7(4-5)8(9,10)11;1-5-3-4-7(6(5)2)8(9,10)11;1-3-5(9,10)4(2,8)7(13,14)6(3,11)12;1-3-5(8)4(2)7(10)6(3)9;1-3-4(2,5(7,8)9)6(10,11)12;1-4-5(2,3)6(7,8)9;1-4-6(7,8)5(2)3;1-5-6(2,3)4/h4-8H,1-3H3;2*5-7H,3-4H2,1-2H3;3H,1-2H3;3-7H,1-2H3;3H2,1-2H3;4H2,1-3H3;5H,4H2,1-3H3;5H2,1-4H3/t4-,5?,6?,7?,8?;5-,6?,7?;5?,6-,7?;3-,4?;3-,4?,5?,6?,7?;;;;/m10100..../s1. The second-order valence-corrected chi connectivity index (χ2v) is 29.2. The summed E-state index contributed by atoms with van der Waals surface area (Å²) in [6, 6.07) is 0. The molecular formula is C64H103F33. The molecule has 590 valence electrons. The molecule has 18 atom stereocenters. The van der Waals surface area contributed by atoms with Gasteiger partial charge in [-0.1, -0.05) is 152 Å². The van der Waals surface area contributed by atoms with E-state index in [0.717, 1.165) is 26.7 Å². The molecule has 0 aromatic heterocycles. The molecule has 5 fully saturated rings. The first-order valence-electron chi connectivity index (χ1n) is 31.8. The van der Waals surface area contributed by atoms with E-state index in [2.05, 4.69) is 27.7 Å². The maximum absolute atomic E-state index is 12.9. The molecular weight excluding hydrogens is 1400 g/mol. The van der Waals surface area contributed by atoms with Crippen molar-refractivity contribution < 1.29 is 145 Å². The molecule has 5 rings (SSSR count). The van der Waals surface area contributed by atoms with E-state index in [9.17, 15) is 145 Å². The Kier molecular flexibility index (Phi) is 37.4. The highest BCUT2D eigenvalue weighted by Crippen LogP contribution is 2.65. The highest BCUT2D eigenvalue weighted by molar-refractivity contribution is 5.19. The Bertz CT molecular complexity index is 2070. The highest BCUT2D eigenvalue weighted by Gasteiger charge is 2.88. The van der Waals surface area contributed by atoms with Crippen LogP contribution in [0.4, 0.5) is 145 Å². The van der Waals surface area contributed by atoms with Crippen LogP contribution in [0, 0.1) is 105 Å². The second kappa shape index (κ2) is 35.9. The molecule has 5 aliphatic rings. The zero-order chi connectivity index (χ0) is 79.5. The molecule has 0 heterocycles. The van der Waals surface area contributed by atoms with Crippen molar-refractivity contribution in [3.63, 3.8) is 0 Å². The molecule has 33 heteroatoms. The summed E-state index contributed by atoms with van der Waals surface area (Å²) in [6.07, 6.45) is -33.6. The monoisotopic (exact) mass is 1500 g/mol. The average molecular weight is 1500 g/mol. The molecule has 0 spiro atoms. The van der Waals surface area contributed by atoms with Gasteiger partial charge < -0.3 is 0 Å². The maximum atomic E-state index is 12.9. The van der Waals surface area contributed by atoms with Gasteiger partial charge in [0.05, 0.1) is 35.0 Å². The van der Waals surface area contributed by atoms with Gasteiger partial charge in [-0.3, -0.25) is 0 Å². The topological polar surface area (TPSA) is 0 Å². The molecule has 97 heavy (non-hydrogen) atoms. The van der Waals surface area contributed by atoms with Gasteiger partial charge in [0.1, 0.15) is 18.5 Å². The van der Waals surface area contributed by atoms with Gasteiger partial charge in [-0.15, -0.1) is 0 Å². The Labute approximate surface area is 550 Å². The van der Waals surface area contributed by atoms with Crippen LogP contribution in [0.15, 0.2) is 0 Å². The van der Waals surface area contributed by atoms with Crippen molar-refractivity contribution in [1.82, 2.24) is 0 Å². The first-order chi connectivity index (χ1) is 42.2. The molecule has 0 bridgehead atoms. The molecule has 0 aromatic rings. The van der Waals surface area contributed by atoms with Crippen molar-refractivity contribution in [1.29, 1.82) is 0 Å². The molecule has 0 amide bonds. The Hall–Kier alpha value is -2.31. The summed E-state index contributed by atoms with van der Waals surface area (Å²) in [4.78, 5) is 0. The van der Waals surface area contributed by atoms with Crippen molar-refractivity contribution in [2.24, 2.45) is 105 Å². The molecule has 0 radical (unpaired) electrons. The molecule has 0 nitrogen and oxygen atoms in total. The van der Waals surface area contributed by atoms with Crippen molar-refractivity contribution in [2.45, 2.75) is 302 Å². The average Bonchev–Trinajstić information content (AvgIpc) is 1.54. The number of hydrogen-bond acceptors (Lipinski definition) is 0. The fraction of sp³-hybridized carbons (Fsp3) is 1.00. The van der Waals surface area contributed by atoms with Gasteiger partial charge in [0, 0.05) is 24.2 Å². The quantitative estimate of drug-likeness (QED) is 0.246. The molecule has 0 aliphatic heterocycles. The molecule has 0 aromatic carbocycles. The van der Waals surface area contributed by atoms with Gasteiger partial charge in [0.2, 0.25) is 11.6 Å². The number of halogens is 33. The minimum absolute atomic E-state index is 0.0509. The molecule has 5 aliphatic carbocycles. The zero-order valence-electron chi connectivity index (χ0n) is 59.0. The summed E-state index contributed by atoms with van der Waals surface area (Å²) >= 11 is 0. The highest BCUT2D eigenvalue weighted by atomic mass is 19.4.